The van der Waals surface area contributed by atoms with Gasteiger partial charge in [0.05, 0.1) is 34.7 Å². The van der Waals surface area contributed by atoms with Gasteiger partial charge in [0.25, 0.3) is 0 Å². The van der Waals surface area contributed by atoms with E-state index in [-0.39, 0.29) is 17.7 Å². The molecule has 0 amide bonds. The minimum atomic E-state index is -0.00770. The Morgan fingerprint density at radius 1 is 0.947 bits per heavy atom. The van der Waals surface area contributed by atoms with E-state index in [4.69, 9.17) is 9.72 Å². The molecular weight excluding hydrogens is 478 g/mol. The maximum Gasteiger partial charge on any atom is 0.181 e. The molecule has 188 valence electrons. The van der Waals surface area contributed by atoms with Crippen molar-refractivity contribution in [3.8, 4) is 33.9 Å². The lowest BCUT2D eigenvalue weighted by atomic mass is 9.92. The van der Waals surface area contributed by atoms with Gasteiger partial charge in [-0.2, -0.15) is 5.10 Å². The average molecular weight is 504 g/mol. The summed E-state index contributed by atoms with van der Waals surface area (Å²) in [6.07, 6.45) is 10.9. The molecule has 0 aromatic carbocycles. The monoisotopic (exact) mass is 503 g/mol. The number of rotatable bonds is 5. The predicted octanol–water partition coefficient (Wildman–Crippen LogP) is 5.20. The highest BCUT2D eigenvalue weighted by Gasteiger charge is 2.47. The summed E-state index contributed by atoms with van der Waals surface area (Å²) in [4.78, 5) is 26.2. The lowest BCUT2D eigenvalue weighted by Crippen LogP contribution is -2.19. The van der Waals surface area contributed by atoms with E-state index in [9.17, 15) is 0 Å². The van der Waals surface area contributed by atoms with Gasteiger partial charge in [0.1, 0.15) is 17.3 Å². The van der Waals surface area contributed by atoms with E-state index in [2.05, 4.69) is 73.3 Å². The van der Waals surface area contributed by atoms with E-state index in [1.165, 1.54) is 0 Å². The van der Waals surface area contributed by atoms with E-state index >= 15 is 0 Å². The summed E-state index contributed by atoms with van der Waals surface area (Å²) in [6, 6.07) is 9.89. The van der Waals surface area contributed by atoms with Crippen molar-refractivity contribution >= 4 is 27.8 Å². The number of nitrogens with one attached hydrogen (secondary N) is 3. The third-order valence-corrected chi connectivity index (χ3v) is 6.71. The molecule has 6 aromatic rings. The maximum atomic E-state index is 5.82. The van der Waals surface area contributed by atoms with Crippen LogP contribution in [0.15, 0.2) is 67.5 Å². The first-order valence-corrected chi connectivity index (χ1v) is 12.4. The quantitative estimate of drug-likeness (QED) is 0.273. The number of hydrogen-bond donors (Lipinski definition) is 3. The molecule has 7 rings (SSSR count). The number of epoxide rings is 1. The van der Waals surface area contributed by atoms with Crippen LogP contribution in [0.1, 0.15) is 20.8 Å². The van der Waals surface area contributed by atoms with Crippen LogP contribution in [0.2, 0.25) is 0 Å². The van der Waals surface area contributed by atoms with Crippen molar-refractivity contribution < 1.29 is 4.74 Å². The van der Waals surface area contributed by atoms with Gasteiger partial charge in [-0.3, -0.25) is 20.1 Å². The smallest absolute Gasteiger partial charge is 0.181 e. The molecule has 1 fully saturated rings. The molecule has 10 nitrogen and oxygen atoms in total. The Balaban J connectivity index is 1.24. The fourth-order valence-corrected chi connectivity index (χ4v) is 4.72. The van der Waals surface area contributed by atoms with Crippen LogP contribution in [0.5, 0.6) is 0 Å². The second-order valence-corrected chi connectivity index (χ2v) is 10.5. The van der Waals surface area contributed by atoms with Gasteiger partial charge in [0.2, 0.25) is 0 Å². The van der Waals surface area contributed by atoms with E-state index in [0.29, 0.717) is 11.5 Å². The molecule has 6 aromatic heterocycles. The molecule has 3 N–H and O–H groups in total. The molecule has 1 aliphatic rings. The molecule has 1 saturated heterocycles. The Morgan fingerprint density at radius 3 is 2.63 bits per heavy atom. The summed E-state index contributed by atoms with van der Waals surface area (Å²) in [7, 11) is 0. The predicted molar refractivity (Wildman–Crippen MR) is 145 cm³/mol. The molecule has 1 aliphatic heterocycles. The van der Waals surface area contributed by atoms with E-state index < -0.39 is 0 Å². The van der Waals surface area contributed by atoms with Crippen molar-refractivity contribution in [1.82, 2.24) is 40.1 Å². The largest absolute Gasteiger partial charge is 0.357 e. The highest BCUT2D eigenvalue weighted by Crippen LogP contribution is 2.39. The number of aromatic amines is 2. The van der Waals surface area contributed by atoms with Crippen molar-refractivity contribution in [2.75, 3.05) is 5.32 Å². The first kappa shape index (κ1) is 22.5. The molecular formula is C28H25N9O. The highest BCUT2D eigenvalue weighted by atomic mass is 16.6. The SMILES string of the molecule is CC(C)(C)C1OC1Nc1cncc(-c2cnc3n[nH]c(-c4nc5c(-c6ccccn6)cncc5[nH]4)c3c2)c1. The zero-order chi connectivity index (χ0) is 25.9. The molecule has 2 atom stereocenters. The van der Waals surface area contributed by atoms with Crippen LogP contribution in [-0.4, -0.2) is 52.4 Å². The van der Waals surface area contributed by atoms with Gasteiger partial charge in [-0.1, -0.05) is 26.8 Å². The summed E-state index contributed by atoms with van der Waals surface area (Å²) in [5, 5.41) is 11.8. The van der Waals surface area contributed by atoms with Crippen LogP contribution >= 0.6 is 0 Å². The van der Waals surface area contributed by atoms with Gasteiger partial charge in [0.15, 0.2) is 17.7 Å². The van der Waals surface area contributed by atoms with Crippen molar-refractivity contribution in [2.24, 2.45) is 5.41 Å². The Hall–Kier alpha value is -4.70. The Morgan fingerprint density at radius 2 is 1.82 bits per heavy atom. The van der Waals surface area contributed by atoms with E-state index in [1.807, 2.05) is 30.6 Å². The van der Waals surface area contributed by atoms with Crippen molar-refractivity contribution in [2.45, 2.75) is 33.1 Å². The third-order valence-electron chi connectivity index (χ3n) is 6.71. The van der Waals surface area contributed by atoms with Gasteiger partial charge in [0, 0.05) is 41.5 Å². The van der Waals surface area contributed by atoms with Crippen LogP contribution in [-0.2, 0) is 4.74 Å². The summed E-state index contributed by atoms with van der Waals surface area (Å²) < 4.78 is 5.82. The Labute approximate surface area is 218 Å². The molecule has 38 heavy (non-hydrogen) atoms. The number of H-pyrrole nitrogens is 2. The number of pyridine rings is 4. The van der Waals surface area contributed by atoms with Crippen LogP contribution < -0.4 is 5.32 Å². The molecule has 7 heterocycles. The van der Waals surface area contributed by atoms with E-state index in [0.717, 1.165) is 50.2 Å². The maximum absolute atomic E-state index is 5.82. The normalized spacial score (nSPS) is 17.2. The molecule has 0 radical (unpaired) electrons. The van der Waals surface area contributed by atoms with E-state index in [1.54, 1.807) is 24.8 Å². The van der Waals surface area contributed by atoms with Gasteiger partial charge in [-0.25, -0.2) is 9.97 Å². The minimum absolute atomic E-state index is 0.00770. The summed E-state index contributed by atoms with van der Waals surface area (Å²) in [5.41, 5.74) is 7.48. The number of anilines is 1. The van der Waals surface area contributed by atoms with Crippen LogP contribution in [0.4, 0.5) is 5.69 Å². The number of hydrogen-bond acceptors (Lipinski definition) is 8. The Kier molecular flexibility index (Phi) is 4.98. The average Bonchev–Trinajstić information content (AvgIpc) is 3.38. The number of fused-ring (bicyclic) bond motifs is 2. The molecule has 0 bridgehead atoms. The minimum Gasteiger partial charge on any atom is -0.357 e. The zero-order valence-corrected chi connectivity index (χ0v) is 21.1. The first-order valence-electron chi connectivity index (χ1n) is 12.4. The molecule has 0 saturated carbocycles. The van der Waals surface area contributed by atoms with Crippen LogP contribution in [0.3, 0.4) is 0 Å². The second-order valence-electron chi connectivity index (χ2n) is 10.5. The van der Waals surface area contributed by atoms with Gasteiger partial charge in [-0.05, 0) is 29.7 Å². The standard InChI is InChI=1S/C28H25N9O/c1-28(2,3)24-27(38-24)33-17-8-15(10-29-12-17)16-9-18-23(36-37-25(18)32-11-16)26-34-21-14-30-13-19(22(21)35-26)20-6-4-5-7-31-20/h4-14,24,27,33H,1-3H3,(H,34,35)(H,32,36,37). The van der Waals surface area contributed by atoms with Crippen molar-refractivity contribution in [1.29, 1.82) is 0 Å². The van der Waals surface area contributed by atoms with Crippen molar-refractivity contribution in [3.05, 3.63) is 67.5 Å². The second kappa shape index (κ2) is 8.42. The molecule has 10 heteroatoms. The first-order chi connectivity index (χ1) is 18.4. The lowest BCUT2D eigenvalue weighted by molar-refractivity contribution is 0.262. The fourth-order valence-electron chi connectivity index (χ4n) is 4.72. The zero-order valence-electron chi connectivity index (χ0n) is 21.1. The van der Waals surface area contributed by atoms with Gasteiger partial charge < -0.3 is 15.0 Å². The number of nitrogens with zero attached hydrogens (tertiary/aromatic N) is 6. The molecule has 2 unspecified atom stereocenters. The third kappa shape index (κ3) is 3.95. The number of imidazole rings is 1. The number of aromatic nitrogens is 8. The topological polar surface area (TPSA) is 133 Å². The summed E-state index contributed by atoms with van der Waals surface area (Å²) in [5.74, 6) is 0.652. The van der Waals surface area contributed by atoms with Crippen LogP contribution in [0.25, 0.3) is 56.0 Å². The molecule has 0 aliphatic carbocycles. The number of ether oxygens (including phenoxy) is 1. The highest BCUT2D eigenvalue weighted by molar-refractivity contribution is 5.96. The van der Waals surface area contributed by atoms with Crippen molar-refractivity contribution in [3.63, 3.8) is 0 Å². The fraction of sp³-hybridized carbons (Fsp3) is 0.214. The summed E-state index contributed by atoms with van der Waals surface area (Å²) >= 11 is 0. The van der Waals surface area contributed by atoms with Crippen LogP contribution in [0, 0.1) is 5.41 Å². The Bertz CT molecular complexity index is 1790. The lowest BCUT2D eigenvalue weighted by Gasteiger charge is -2.14. The molecule has 0 spiro atoms. The van der Waals surface area contributed by atoms with Gasteiger partial charge in [-0.15, -0.1) is 0 Å². The van der Waals surface area contributed by atoms with Gasteiger partial charge >= 0.3 is 0 Å². The summed E-state index contributed by atoms with van der Waals surface area (Å²) in [6.45, 7) is 6.53.